The van der Waals surface area contributed by atoms with E-state index < -0.39 is 23.3 Å². The van der Waals surface area contributed by atoms with E-state index in [0.717, 1.165) is 6.08 Å². The molecule has 0 amide bonds. The maximum absolute atomic E-state index is 12.5. The van der Waals surface area contributed by atoms with Crippen molar-refractivity contribution in [2.75, 3.05) is 28.4 Å². The van der Waals surface area contributed by atoms with E-state index in [1.165, 1.54) is 28.4 Å². The fourth-order valence-corrected chi connectivity index (χ4v) is 2.96. The molecule has 7 heteroatoms. The third-order valence-corrected chi connectivity index (χ3v) is 4.05. The van der Waals surface area contributed by atoms with Crippen LogP contribution in [-0.2, 0) is 35.0 Å². The molecule has 7 nitrogen and oxygen atoms in total. The largest absolute Gasteiger partial charge is 0.496 e. The minimum absolute atomic E-state index is 0.00169. The second-order valence-electron chi connectivity index (χ2n) is 5.14. The smallest absolute Gasteiger partial charge is 0.330 e. The maximum Gasteiger partial charge on any atom is 0.330 e. The van der Waals surface area contributed by atoms with E-state index in [0.29, 0.717) is 16.9 Å². The summed E-state index contributed by atoms with van der Waals surface area (Å²) in [5.74, 6) is -1.91. The van der Waals surface area contributed by atoms with Gasteiger partial charge in [0.25, 0.3) is 0 Å². The number of benzene rings is 1. The normalized spacial score (nSPS) is 16.2. The van der Waals surface area contributed by atoms with Crippen LogP contribution >= 0.6 is 0 Å². The van der Waals surface area contributed by atoms with Crippen LogP contribution in [0.4, 0.5) is 0 Å². The Labute approximate surface area is 139 Å². The van der Waals surface area contributed by atoms with Gasteiger partial charge in [0.15, 0.2) is 5.41 Å². The number of esters is 3. The molecule has 1 aliphatic rings. The Bertz CT molecular complexity index is 702. The summed E-state index contributed by atoms with van der Waals surface area (Å²) in [6.45, 7) is 0. The van der Waals surface area contributed by atoms with Gasteiger partial charge in [-0.3, -0.25) is 9.59 Å². The van der Waals surface area contributed by atoms with E-state index in [-0.39, 0.29) is 12.0 Å². The summed E-state index contributed by atoms with van der Waals surface area (Å²) >= 11 is 0. The molecule has 0 aromatic heterocycles. The van der Waals surface area contributed by atoms with Gasteiger partial charge >= 0.3 is 17.9 Å². The van der Waals surface area contributed by atoms with Gasteiger partial charge in [0.1, 0.15) is 5.75 Å². The van der Waals surface area contributed by atoms with Crippen molar-refractivity contribution in [3.63, 3.8) is 0 Å². The topological polar surface area (TPSA) is 88.1 Å². The lowest BCUT2D eigenvalue weighted by molar-refractivity contribution is -0.163. The highest BCUT2D eigenvalue weighted by Crippen LogP contribution is 2.51. The fourth-order valence-electron chi connectivity index (χ4n) is 2.96. The van der Waals surface area contributed by atoms with Gasteiger partial charge in [0.05, 0.1) is 28.4 Å². The number of ether oxygens (including phenoxy) is 4. The zero-order chi connectivity index (χ0) is 17.9. The van der Waals surface area contributed by atoms with Crippen LogP contribution in [-0.4, -0.2) is 46.3 Å². The Kier molecular flexibility index (Phi) is 4.92. The van der Waals surface area contributed by atoms with Crippen molar-refractivity contribution in [2.24, 2.45) is 5.41 Å². The van der Waals surface area contributed by atoms with Gasteiger partial charge in [-0.1, -0.05) is 12.1 Å². The van der Waals surface area contributed by atoms with Crippen LogP contribution in [0.3, 0.4) is 0 Å². The first kappa shape index (κ1) is 17.5. The maximum atomic E-state index is 12.5. The van der Waals surface area contributed by atoms with Gasteiger partial charge in [0.2, 0.25) is 0 Å². The lowest BCUT2D eigenvalue weighted by Gasteiger charge is -2.25. The van der Waals surface area contributed by atoms with Crippen LogP contribution in [0.1, 0.15) is 11.1 Å². The Balaban J connectivity index is 2.81. The molecule has 1 aromatic rings. The van der Waals surface area contributed by atoms with E-state index in [1.54, 1.807) is 18.2 Å². The van der Waals surface area contributed by atoms with E-state index in [4.69, 9.17) is 14.2 Å². The lowest BCUT2D eigenvalue weighted by Crippen LogP contribution is -2.41. The molecule has 0 saturated carbocycles. The number of carbonyl (C=O) groups is 3. The highest BCUT2D eigenvalue weighted by molar-refractivity contribution is 6.17. The molecule has 24 heavy (non-hydrogen) atoms. The molecule has 1 aromatic carbocycles. The second kappa shape index (κ2) is 6.74. The van der Waals surface area contributed by atoms with Crippen LogP contribution < -0.4 is 4.74 Å². The highest BCUT2D eigenvalue weighted by Gasteiger charge is 2.57. The molecule has 0 unspecified atom stereocenters. The minimum atomic E-state index is -1.78. The van der Waals surface area contributed by atoms with Crippen molar-refractivity contribution < 1.29 is 33.3 Å². The van der Waals surface area contributed by atoms with Crippen LogP contribution in [0.5, 0.6) is 5.75 Å². The van der Waals surface area contributed by atoms with E-state index in [1.807, 2.05) is 0 Å². The molecule has 0 N–H and O–H groups in total. The molecule has 0 fully saturated rings. The first-order valence-electron chi connectivity index (χ1n) is 7.09. The number of hydrogen-bond donors (Lipinski definition) is 0. The Morgan fingerprint density at radius 3 is 2.12 bits per heavy atom. The Hall–Kier alpha value is -2.83. The molecule has 0 bridgehead atoms. The van der Waals surface area contributed by atoms with Gasteiger partial charge in [-0.2, -0.15) is 0 Å². The zero-order valence-corrected chi connectivity index (χ0v) is 13.9. The van der Waals surface area contributed by atoms with Crippen LogP contribution in [0.2, 0.25) is 0 Å². The van der Waals surface area contributed by atoms with Crippen molar-refractivity contribution in [1.82, 2.24) is 0 Å². The fraction of sp³-hybridized carbons (Fsp3) is 0.353. The van der Waals surface area contributed by atoms with Crippen molar-refractivity contribution in [2.45, 2.75) is 6.42 Å². The Morgan fingerprint density at radius 2 is 1.62 bits per heavy atom. The lowest BCUT2D eigenvalue weighted by atomic mass is 9.80. The van der Waals surface area contributed by atoms with Crippen molar-refractivity contribution >= 4 is 23.5 Å². The monoisotopic (exact) mass is 334 g/mol. The number of carbonyl (C=O) groups excluding carboxylic acids is 3. The van der Waals surface area contributed by atoms with Gasteiger partial charge in [-0.25, -0.2) is 4.79 Å². The van der Waals surface area contributed by atoms with Gasteiger partial charge < -0.3 is 18.9 Å². The Morgan fingerprint density at radius 1 is 1.00 bits per heavy atom. The summed E-state index contributed by atoms with van der Waals surface area (Å²) < 4.78 is 19.7. The summed E-state index contributed by atoms with van der Waals surface area (Å²) in [5, 5.41) is 0. The predicted molar refractivity (Wildman–Crippen MR) is 83.2 cm³/mol. The first-order valence-corrected chi connectivity index (χ1v) is 7.09. The van der Waals surface area contributed by atoms with E-state index in [9.17, 15) is 14.4 Å². The minimum Gasteiger partial charge on any atom is -0.496 e. The molecule has 0 aliphatic heterocycles. The molecule has 0 heterocycles. The molecule has 1 aliphatic carbocycles. The number of hydrogen-bond acceptors (Lipinski definition) is 7. The summed E-state index contributed by atoms with van der Waals surface area (Å²) in [4.78, 5) is 36.9. The van der Waals surface area contributed by atoms with Crippen LogP contribution in [0, 0.1) is 5.41 Å². The zero-order valence-electron chi connectivity index (χ0n) is 13.9. The van der Waals surface area contributed by atoms with E-state index in [2.05, 4.69) is 4.74 Å². The average molecular weight is 334 g/mol. The quantitative estimate of drug-likeness (QED) is 0.353. The summed E-state index contributed by atoms with van der Waals surface area (Å²) in [5.41, 5.74) is -0.490. The number of methoxy groups -OCH3 is 4. The summed E-state index contributed by atoms with van der Waals surface area (Å²) in [6, 6.07) is 5.16. The molecule has 2 rings (SSSR count). The van der Waals surface area contributed by atoms with Crippen molar-refractivity contribution in [1.29, 1.82) is 0 Å². The highest BCUT2D eigenvalue weighted by atomic mass is 16.5. The third-order valence-electron chi connectivity index (χ3n) is 4.05. The standard InChI is InChI=1S/C17H18O7/c1-21-12-7-5-6-10-9-17(15(19)23-3,16(20)24-4)11(14(10)12)8-13(18)22-2/h5-8H,9H2,1-4H3/b11-8-. The number of rotatable bonds is 4. The summed E-state index contributed by atoms with van der Waals surface area (Å²) in [7, 11) is 5.00. The number of fused-ring (bicyclic) bond motifs is 1. The van der Waals surface area contributed by atoms with Gasteiger partial charge in [-0.15, -0.1) is 0 Å². The van der Waals surface area contributed by atoms with Gasteiger partial charge in [-0.05, 0) is 17.2 Å². The molecular formula is C17H18O7. The molecule has 128 valence electrons. The first-order chi connectivity index (χ1) is 11.5. The van der Waals surface area contributed by atoms with Crippen molar-refractivity contribution in [3.8, 4) is 5.75 Å². The molecular weight excluding hydrogens is 316 g/mol. The third kappa shape index (κ3) is 2.51. The van der Waals surface area contributed by atoms with Crippen LogP contribution in [0.15, 0.2) is 24.3 Å². The average Bonchev–Trinajstić information content (AvgIpc) is 2.95. The molecule has 0 radical (unpaired) electrons. The second-order valence-corrected chi connectivity index (χ2v) is 5.14. The van der Waals surface area contributed by atoms with Gasteiger partial charge in [0, 0.05) is 18.1 Å². The molecule has 0 spiro atoms. The van der Waals surface area contributed by atoms with Crippen LogP contribution in [0.25, 0.3) is 5.57 Å². The predicted octanol–water partition coefficient (Wildman–Crippen LogP) is 1.14. The molecule has 0 saturated heterocycles. The summed E-state index contributed by atoms with van der Waals surface area (Å²) in [6.07, 6.45) is 1.10. The SMILES string of the molecule is COC(=O)/C=C1/c2c(cccc2OC)CC1(C(=O)OC)C(=O)OC. The van der Waals surface area contributed by atoms with E-state index >= 15 is 0 Å². The molecule has 0 atom stereocenters. The van der Waals surface area contributed by atoms with Crippen molar-refractivity contribution in [3.05, 3.63) is 35.4 Å².